The first-order chi connectivity index (χ1) is 15.5. The number of carbonyl (C=O) groups excluding carboxylic acids is 2. The largest absolute Gasteiger partial charge is 0.497 e. The first-order valence-corrected chi connectivity index (χ1v) is 11.0. The molecule has 2 aromatic carbocycles. The molecular formula is C25H33FN2O4. The number of carbonyl (C=O) groups is 2. The van der Waals surface area contributed by atoms with Crippen molar-refractivity contribution in [1.29, 1.82) is 0 Å². The van der Waals surface area contributed by atoms with E-state index in [9.17, 15) is 14.0 Å². The van der Waals surface area contributed by atoms with Gasteiger partial charge in [-0.05, 0) is 50.1 Å². The predicted molar refractivity (Wildman–Crippen MR) is 122 cm³/mol. The molecule has 0 radical (unpaired) electrons. The van der Waals surface area contributed by atoms with Crippen LogP contribution < -0.4 is 14.8 Å². The number of ether oxygens (including phenoxy) is 2. The maximum atomic E-state index is 14.2. The molecule has 32 heavy (non-hydrogen) atoms. The Balaban J connectivity index is 1.97. The van der Waals surface area contributed by atoms with Crippen molar-refractivity contribution in [2.45, 2.75) is 52.1 Å². The van der Waals surface area contributed by atoms with E-state index in [1.54, 1.807) is 56.5 Å². The smallest absolute Gasteiger partial charge is 0.242 e. The summed E-state index contributed by atoms with van der Waals surface area (Å²) >= 11 is 0. The lowest BCUT2D eigenvalue weighted by molar-refractivity contribution is -0.140. The Kier molecular flexibility index (Phi) is 10.5. The van der Waals surface area contributed by atoms with Gasteiger partial charge in [0, 0.05) is 25.1 Å². The van der Waals surface area contributed by atoms with Gasteiger partial charge in [0.15, 0.2) is 0 Å². The van der Waals surface area contributed by atoms with Crippen molar-refractivity contribution in [3.63, 3.8) is 0 Å². The Morgan fingerprint density at radius 2 is 1.75 bits per heavy atom. The molecule has 0 fully saturated rings. The normalized spacial score (nSPS) is 11.5. The fourth-order valence-electron chi connectivity index (χ4n) is 3.16. The summed E-state index contributed by atoms with van der Waals surface area (Å²) in [5.74, 6) is 0.571. The van der Waals surface area contributed by atoms with E-state index in [0.29, 0.717) is 30.9 Å². The van der Waals surface area contributed by atoms with E-state index in [4.69, 9.17) is 9.47 Å². The summed E-state index contributed by atoms with van der Waals surface area (Å²) < 4.78 is 25.0. The maximum absolute atomic E-state index is 14.2. The Morgan fingerprint density at radius 1 is 1.06 bits per heavy atom. The molecule has 2 rings (SSSR count). The van der Waals surface area contributed by atoms with Gasteiger partial charge in [-0.1, -0.05) is 31.5 Å². The van der Waals surface area contributed by atoms with E-state index in [1.165, 1.54) is 11.0 Å². The summed E-state index contributed by atoms with van der Waals surface area (Å²) in [5.41, 5.74) is 0.378. The van der Waals surface area contributed by atoms with Crippen LogP contribution in [-0.2, 0) is 16.1 Å². The van der Waals surface area contributed by atoms with Crippen molar-refractivity contribution >= 4 is 11.8 Å². The van der Waals surface area contributed by atoms with Gasteiger partial charge in [0.25, 0.3) is 0 Å². The number of hydrogen-bond donors (Lipinski definition) is 1. The third kappa shape index (κ3) is 7.87. The van der Waals surface area contributed by atoms with Crippen LogP contribution in [0.4, 0.5) is 4.39 Å². The van der Waals surface area contributed by atoms with E-state index in [0.717, 1.165) is 18.6 Å². The van der Waals surface area contributed by atoms with Crippen molar-refractivity contribution in [2.75, 3.05) is 20.3 Å². The fraction of sp³-hybridized carbons (Fsp3) is 0.440. The number of nitrogens with zero attached hydrogens (tertiary/aromatic N) is 1. The zero-order chi connectivity index (χ0) is 23.3. The second-order valence-corrected chi connectivity index (χ2v) is 7.56. The summed E-state index contributed by atoms with van der Waals surface area (Å²) in [5, 5.41) is 2.86. The van der Waals surface area contributed by atoms with Gasteiger partial charge in [0.2, 0.25) is 11.8 Å². The molecular weight excluding hydrogens is 411 g/mol. The summed E-state index contributed by atoms with van der Waals surface area (Å²) in [6.45, 7) is 4.65. The van der Waals surface area contributed by atoms with Crippen LogP contribution in [0.2, 0.25) is 0 Å². The number of halogens is 1. The topological polar surface area (TPSA) is 67.9 Å². The highest BCUT2D eigenvalue weighted by Crippen LogP contribution is 2.18. The summed E-state index contributed by atoms with van der Waals surface area (Å²) in [6.07, 6.45) is 2.49. The first kappa shape index (κ1) is 25.2. The lowest BCUT2D eigenvalue weighted by atomic mass is 10.1. The lowest BCUT2D eigenvalue weighted by Crippen LogP contribution is -2.47. The highest BCUT2D eigenvalue weighted by Gasteiger charge is 2.26. The molecule has 2 amide bonds. The van der Waals surface area contributed by atoms with E-state index in [2.05, 4.69) is 5.32 Å². The van der Waals surface area contributed by atoms with Crippen LogP contribution >= 0.6 is 0 Å². The Labute approximate surface area is 189 Å². The van der Waals surface area contributed by atoms with Gasteiger partial charge in [-0.15, -0.1) is 0 Å². The molecule has 1 N–H and O–H groups in total. The molecule has 7 heteroatoms. The molecule has 6 nitrogen and oxygen atoms in total. The molecule has 0 saturated carbocycles. The Hall–Kier alpha value is -3.09. The van der Waals surface area contributed by atoms with Gasteiger partial charge in [-0.25, -0.2) is 4.39 Å². The van der Waals surface area contributed by atoms with Crippen LogP contribution in [0.5, 0.6) is 11.5 Å². The van der Waals surface area contributed by atoms with E-state index < -0.39 is 11.9 Å². The number of nitrogens with one attached hydrogen (secondary N) is 1. The lowest BCUT2D eigenvalue weighted by Gasteiger charge is -2.29. The van der Waals surface area contributed by atoms with Gasteiger partial charge in [-0.3, -0.25) is 9.59 Å². The maximum Gasteiger partial charge on any atom is 0.242 e. The zero-order valence-corrected chi connectivity index (χ0v) is 19.1. The van der Waals surface area contributed by atoms with E-state index in [1.807, 2.05) is 6.92 Å². The number of methoxy groups -OCH3 is 1. The quantitative estimate of drug-likeness (QED) is 0.467. The van der Waals surface area contributed by atoms with Crippen LogP contribution in [0, 0.1) is 5.82 Å². The minimum absolute atomic E-state index is 0.0349. The Bertz CT molecular complexity index is 857. The van der Waals surface area contributed by atoms with Crippen LogP contribution in [0.1, 0.15) is 45.1 Å². The van der Waals surface area contributed by atoms with Crippen LogP contribution in [0.15, 0.2) is 48.5 Å². The molecule has 0 bridgehead atoms. The second-order valence-electron chi connectivity index (χ2n) is 7.56. The van der Waals surface area contributed by atoms with Gasteiger partial charge in [-0.2, -0.15) is 0 Å². The minimum atomic E-state index is -0.707. The Morgan fingerprint density at radius 3 is 2.41 bits per heavy atom. The van der Waals surface area contributed by atoms with Crippen LogP contribution in [0.25, 0.3) is 0 Å². The molecule has 0 spiro atoms. The van der Waals surface area contributed by atoms with Gasteiger partial charge in [0.1, 0.15) is 23.4 Å². The number of amides is 2. The molecule has 0 saturated heterocycles. The van der Waals surface area contributed by atoms with E-state index >= 15 is 0 Å². The average molecular weight is 445 g/mol. The highest BCUT2D eigenvalue weighted by atomic mass is 19.1. The second kappa shape index (κ2) is 13.3. The average Bonchev–Trinajstić information content (AvgIpc) is 2.81. The molecule has 0 aliphatic heterocycles. The summed E-state index contributed by atoms with van der Waals surface area (Å²) in [7, 11) is 1.60. The molecule has 1 unspecified atom stereocenters. The number of unbranched alkanes of at least 4 members (excludes halogenated alkanes) is 1. The number of rotatable bonds is 13. The molecule has 0 heterocycles. The monoisotopic (exact) mass is 444 g/mol. The van der Waals surface area contributed by atoms with Crippen molar-refractivity contribution in [3.05, 3.63) is 59.9 Å². The fourth-order valence-corrected chi connectivity index (χ4v) is 3.16. The van der Waals surface area contributed by atoms with Crippen molar-refractivity contribution in [1.82, 2.24) is 10.2 Å². The summed E-state index contributed by atoms with van der Waals surface area (Å²) in [4.78, 5) is 27.0. The van der Waals surface area contributed by atoms with Crippen LogP contribution in [0.3, 0.4) is 0 Å². The van der Waals surface area contributed by atoms with Gasteiger partial charge < -0.3 is 19.7 Å². The number of benzene rings is 2. The third-order valence-corrected chi connectivity index (χ3v) is 5.16. The van der Waals surface area contributed by atoms with Crippen LogP contribution in [-0.4, -0.2) is 43.0 Å². The SMILES string of the molecule is CCCCNC(=O)C(C)N(Cc1ccccc1F)C(=O)CCCOc1ccc(OC)cc1. The molecule has 0 aliphatic rings. The number of hydrogen-bond acceptors (Lipinski definition) is 4. The molecule has 2 aromatic rings. The standard InChI is InChI=1S/C25H33FN2O4/c1-4-5-16-27-25(30)19(2)28(18-20-9-6-7-10-23(20)26)24(29)11-8-17-32-22-14-12-21(31-3)13-15-22/h6-7,9-10,12-15,19H,4-5,8,11,16-18H2,1-3H3,(H,27,30). The zero-order valence-electron chi connectivity index (χ0n) is 19.1. The van der Waals surface area contributed by atoms with E-state index in [-0.39, 0.29) is 24.8 Å². The minimum Gasteiger partial charge on any atom is -0.497 e. The summed E-state index contributed by atoms with van der Waals surface area (Å²) in [6, 6.07) is 12.8. The van der Waals surface area contributed by atoms with Crippen molar-refractivity contribution in [3.8, 4) is 11.5 Å². The molecule has 1 atom stereocenters. The molecule has 0 aliphatic carbocycles. The third-order valence-electron chi connectivity index (χ3n) is 5.16. The van der Waals surface area contributed by atoms with Gasteiger partial charge >= 0.3 is 0 Å². The molecule has 174 valence electrons. The predicted octanol–water partition coefficient (Wildman–Crippen LogP) is 4.33. The first-order valence-electron chi connectivity index (χ1n) is 11.0. The van der Waals surface area contributed by atoms with Crippen molar-refractivity contribution in [2.24, 2.45) is 0 Å². The highest BCUT2D eigenvalue weighted by molar-refractivity contribution is 5.87. The van der Waals surface area contributed by atoms with Crippen molar-refractivity contribution < 1.29 is 23.5 Å². The molecule has 0 aromatic heterocycles. The van der Waals surface area contributed by atoms with Gasteiger partial charge in [0.05, 0.1) is 13.7 Å².